The second-order valence-corrected chi connectivity index (χ2v) is 4.00. The first-order valence-corrected chi connectivity index (χ1v) is 5.31. The van der Waals surface area contributed by atoms with E-state index < -0.39 is 0 Å². The molecule has 0 saturated heterocycles. The minimum atomic E-state index is 0.110. The molecule has 1 amide bonds. The number of anilines is 2. The van der Waals surface area contributed by atoms with E-state index in [0.29, 0.717) is 13.0 Å². The topological polar surface area (TPSA) is 58.4 Å². The molecule has 4 heteroatoms. The average molecular weight is 221 g/mol. The van der Waals surface area contributed by atoms with Crippen LogP contribution in [0.1, 0.15) is 12.0 Å². The number of rotatable bonds is 4. The summed E-state index contributed by atoms with van der Waals surface area (Å²) in [6.45, 7) is 2.57. The summed E-state index contributed by atoms with van der Waals surface area (Å²) in [5, 5.41) is 3.17. The SMILES string of the molecule is Cc1cccc(NCCC(=O)N(C)C)c1N. The molecule has 0 unspecified atom stereocenters. The zero-order chi connectivity index (χ0) is 12.1. The van der Waals surface area contributed by atoms with Crippen LogP contribution in [0.4, 0.5) is 11.4 Å². The van der Waals surface area contributed by atoms with Crippen LogP contribution in [0, 0.1) is 6.92 Å². The number of hydrogen-bond acceptors (Lipinski definition) is 3. The highest BCUT2D eigenvalue weighted by Gasteiger charge is 2.04. The highest BCUT2D eigenvalue weighted by atomic mass is 16.2. The van der Waals surface area contributed by atoms with Crippen molar-refractivity contribution in [2.75, 3.05) is 31.7 Å². The van der Waals surface area contributed by atoms with Crippen LogP contribution >= 0.6 is 0 Å². The van der Waals surface area contributed by atoms with Crippen molar-refractivity contribution < 1.29 is 4.79 Å². The van der Waals surface area contributed by atoms with Gasteiger partial charge in [-0.15, -0.1) is 0 Å². The van der Waals surface area contributed by atoms with Crippen LogP contribution < -0.4 is 11.1 Å². The van der Waals surface area contributed by atoms with Crippen molar-refractivity contribution in [2.45, 2.75) is 13.3 Å². The molecule has 1 aromatic carbocycles. The smallest absolute Gasteiger partial charge is 0.223 e. The van der Waals surface area contributed by atoms with E-state index in [4.69, 9.17) is 5.73 Å². The van der Waals surface area contributed by atoms with Crippen LogP contribution in [0.5, 0.6) is 0 Å². The van der Waals surface area contributed by atoms with E-state index in [2.05, 4.69) is 5.32 Å². The Morgan fingerprint density at radius 3 is 2.75 bits per heavy atom. The molecule has 0 heterocycles. The van der Waals surface area contributed by atoms with Gasteiger partial charge in [-0.05, 0) is 18.6 Å². The van der Waals surface area contributed by atoms with Crippen molar-refractivity contribution in [3.05, 3.63) is 23.8 Å². The van der Waals surface area contributed by atoms with E-state index in [0.717, 1.165) is 16.9 Å². The molecule has 4 nitrogen and oxygen atoms in total. The summed E-state index contributed by atoms with van der Waals surface area (Å²) < 4.78 is 0. The van der Waals surface area contributed by atoms with E-state index in [9.17, 15) is 4.79 Å². The van der Waals surface area contributed by atoms with Gasteiger partial charge < -0.3 is 16.0 Å². The normalized spacial score (nSPS) is 9.94. The number of carbonyl (C=O) groups excluding carboxylic acids is 1. The summed E-state index contributed by atoms with van der Waals surface area (Å²) in [5.41, 5.74) is 8.59. The number of carbonyl (C=O) groups is 1. The van der Waals surface area contributed by atoms with Gasteiger partial charge in [0.05, 0.1) is 11.4 Å². The number of hydrogen-bond donors (Lipinski definition) is 2. The second kappa shape index (κ2) is 5.39. The highest BCUT2D eigenvalue weighted by molar-refractivity contribution is 5.76. The molecule has 1 rings (SSSR count). The predicted molar refractivity (Wildman–Crippen MR) is 67.4 cm³/mol. The molecule has 0 fully saturated rings. The lowest BCUT2D eigenvalue weighted by molar-refractivity contribution is -0.128. The average Bonchev–Trinajstić information content (AvgIpc) is 2.24. The zero-order valence-corrected chi connectivity index (χ0v) is 10.1. The third-order valence-electron chi connectivity index (χ3n) is 2.48. The summed E-state index contributed by atoms with van der Waals surface area (Å²) in [4.78, 5) is 12.9. The van der Waals surface area contributed by atoms with E-state index in [1.165, 1.54) is 0 Å². The Balaban J connectivity index is 2.49. The number of amides is 1. The fourth-order valence-corrected chi connectivity index (χ4v) is 1.36. The van der Waals surface area contributed by atoms with Gasteiger partial charge in [-0.1, -0.05) is 12.1 Å². The molecule has 0 bridgehead atoms. The molecule has 0 radical (unpaired) electrons. The van der Waals surface area contributed by atoms with Gasteiger partial charge in [-0.2, -0.15) is 0 Å². The van der Waals surface area contributed by atoms with Gasteiger partial charge in [0, 0.05) is 27.1 Å². The van der Waals surface area contributed by atoms with Crippen LogP contribution in [-0.4, -0.2) is 31.4 Å². The van der Waals surface area contributed by atoms with Crippen molar-refractivity contribution in [2.24, 2.45) is 0 Å². The Morgan fingerprint density at radius 2 is 2.12 bits per heavy atom. The molecule has 0 aliphatic heterocycles. The van der Waals surface area contributed by atoms with Crippen LogP contribution in [-0.2, 0) is 4.79 Å². The van der Waals surface area contributed by atoms with Gasteiger partial charge in [0.2, 0.25) is 5.91 Å². The first kappa shape index (κ1) is 12.4. The lowest BCUT2D eigenvalue weighted by Crippen LogP contribution is -2.24. The first-order chi connectivity index (χ1) is 7.52. The minimum Gasteiger partial charge on any atom is -0.397 e. The fraction of sp³-hybridized carbons (Fsp3) is 0.417. The maximum absolute atomic E-state index is 11.3. The molecule has 0 aromatic heterocycles. The molecule has 0 aliphatic carbocycles. The number of para-hydroxylation sites is 1. The Bertz CT molecular complexity index is 375. The molecule has 3 N–H and O–H groups in total. The Kier molecular flexibility index (Phi) is 4.17. The molecule has 16 heavy (non-hydrogen) atoms. The van der Waals surface area contributed by atoms with Crippen LogP contribution in [0.3, 0.4) is 0 Å². The largest absolute Gasteiger partial charge is 0.397 e. The molecule has 0 spiro atoms. The minimum absolute atomic E-state index is 0.110. The van der Waals surface area contributed by atoms with E-state index in [1.807, 2.05) is 25.1 Å². The molecule has 88 valence electrons. The van der Waals surface area contributed by atoms with E-state index >= 15 is 0 Å². The molecular formula is C12H19N3O. The fourth-order valence-electron chi connectivity index (χ4n) is 1.36. The Hall–Kier alpha value is -1.71. The quantitative estimate of drug-likeness (QED) is 0.757. The second-order valence-electron chi connectivity index (χ2n) is 4.00. The maximum atomic E-state index is 11.3. The summed E-state index contributed by atoms with van der Waals surface area (Å²) in [5.74, 6) is 0.110. The van der Waals surface area contributed by atoms with Crippen molar-refractivity contribution in [3.8, 4) is 0 Å². The summed E-state index contributed by atoms with van der Waals surface area (Å²) in [6, 6.07) is 5.83. The van der Waals surface area contributed by atoms with Crippen LogP contribution in [0.15, 0.2) is 18.2 Å². The lowest BCUT2D eigenvalue weighted by atomic mass is 10.1. The van der Waals surface area contributed by atoms with Gasteiger partial charge in [-0.3, -0.25) is 4.79 Å². The van der Waals surface area contributed by atoms with Crippen molar-refractivity contribution in [1.82, 2.24) is 4.90 Å². The summed E-state index contributed by atoms with van der Waals surface area (Å²) in [6.07, 6.45) is 0.473. The first-order valence-electron chi connectivity index (χ1n) is 5.31. The molecule has 0 aliphatic rings. The number of nitrogens with two attached hydrogens (primary N) is 1. The molecule has 1 aromatic rings. The van der Waals surface area contributed by atoms with Gasteiger partial charge in [-0.25, -0.2) is 0 Å². The highest BCUT2D eigenvalue weighted by Crippen LogP contribution is 2.21. The number of benzene rings is 1. The third-order valence-corrected chi connectivity index (χ3v) is 2.48. The number of nitrogen functional groups attached to an aromatic ring is 1. The number of nitrogens with zero attached hydrogens (tertiary/aromatic N) is 1. The number of aryl methyl sites for hydroxylation is 1. The van der Waals surface area contributed by atoms with Gasteiger partial charge in [0.1, 0.15) is 0 Å². The van der Waals surface area contributed by atoms with Gasteiger partial charge in [0.25, 0.3) is 0 Å². The van der Waals surface area contributed by atoms with Crippen LogP contribution in [0.25, 0.3) is 0 Å². The van der Waals surface area contributed by atoms with E-state index in [-0.39, 0.29) is 5.91 Å². The van der Waals surface area contributed by atoms with E-state index in [1.54, 1.807) is 19.0 Å². The molecular weight excluding hydrogens is 202 g/mol. The van der Waals surface area contributed by atoms with Crippen molar-refractivity contribution in [3.63, 3.8) is 0 Å². The molecule has 0 atom stereocenters. The Morgan fingerprint density at radius 1 is 1.44 bits per heavy atom. The monoisotopic (exact) mass is 221 g/mol. The summed E-state index contributed by atoms with van der Waals surface area (Å²) in [7, 11) is 3.51. The predicted octanol–water partition coefficient (Wildman–Crippen LogP) is 1.47. The summed E-state index contributed by atoms with van der Waals surface area (Å²) >= 11 is 0. The number of nitrogens with one attached hydrogen (secondary N) is 1. The van der Waals surface area contributed by atoms with Gasteiger partial charge >= 0.3 is 0 Å². The zero-order valence-electron chi connectivity index (χ0n) is 10.1. The van der Waals surface area contributed by atoms with Crippen molar-refractivity contribution >= 4 is 17.3 Å². The van der Waals surface area contributed by atoms with Crippen molar-refractivity contribution in [1.29, 1.82) is 0 Å². The maximum Gasteiger partial charge on any atom is 0.223 e. The van der Waals surface area contributed by atoms with Crippen LogP contribution in [0.2, 0.25) is 0 Å². The standard InChI is InChI=1S/C12H19N3O/c1-9-5-4-6-10(12(9)13)14-8-7-11(16)15(2)3/h4-6,14H,7-8,13H2,1-3H3. The molecule has 0 saturated carbocycles. The van der Waals surface area contributed by atoms with Gasteiger partial charge in [0.15, 0.2) is 0 Å². The Labute approximate surface area is 96.4 Å². The lowest BCUT2D eigenvalue weighted by Gasteiger charge is -2.13. The third kappa shape index (κ3) is 3.15.